The fourth-order valence-electron chi connectivity index (χ4n) is 1.18. The predicted molar refractivity (Wildman–Crippen MR) is 62.6 cm³/mol. The lowest BCUT2D eigenvalue weighted by atomic mass is 10.4. The zero-order valence-electron chi connectivity index (χ0n) is 9.67. The number of nitrogens with zero attached hydrogens (tertiary/aromatic N) is 1. The Bertz CT molecular complexity index is 600. The molecule has 0 amide bonds. The van der Waals surface area contributed by atoms with Gasteiger partial charge in [-0.1, -0.05) is 0 Å². The third-order valence-corrected chi connectivity index (χ3v) is 3.01. The lowest BCUT2D eigenvalue weighted by Crippen LogP contribution is -2.22. The summed E-state index contributed by atoms with van der Waals surface area (Å²) >= 11 is 0. The Kier molecular flexibility index (Phi) is 3.84. The van der Waals surface area contributed by atoms with Gasteiger partial charge in [0.25, 0.3) is 0 Å². The van der Waals surface area contributed by atoms with E-state index in [0.717, 1.165) is 12.5 Å². The van der Waals surface area contributed by atoms with Crippen molar-refractivity contribution in [1.82, 2.24) is 9.29 Å². The Morgan fingerprint density at radius 2 is 1.88 bits per heavy atom. The van der Waals surface area contributed by atoms with E-state index in [0.29, 0.717) is 5.69 Å². The zero-order chi connectivity index (χ0) is 13.3. The fraction of sp³-hybridized carbons (Fsp3) is 0.500. The lowest BCUT2D eigenvalue weighted by Gasteiger charge is -2.02. The molecule has 98 valence electrons. The van der Waals surface area contributed by atoms with Gasteiger partial charge in [0.15, 0.2) is 5.75 Å². The summed E-state index contributed by atoms with van der Waals surface area (Å²) in [5, 5.41) is 0. The van der Waals surface area contributed by atoms with Gasteiger partial charge in [-0.25, -0.2) is 13.1 Å². The van der Waals surface area contributed by atoms with Crippen LogP contribution in [0.1, 0.15) is 5.69 Å². The Hall–Kier alpha value is -1.06. The summed E-state index contributed by atoms with van der Waals surface area (Å²) in [6, 6.07) is 1.46. The van der Waals surface area contributed by atoms with Gasteiger partial charge in [-0.05, 0) is 0 Å². The Balaban J connectivity index is 2.82. The van der Waals surface area contributed by atoms with Gasteiger partial charge in [0.1, 0.15) is 0 Å². The third kappa shape index (κ3) is 5.20. The molecule has 0 aliphatic rings. The van der Waals surface area contributed by atoms with Gasteiger partial charge in [0.05, 0.1) is 19.1 Å². The van der Waals surface area contributed by atoms with E-state index in [-0.39, 0.29) is 12.3 Å². The molecule has 0 atom stereocenters. The van der Waals surface area contributed by atoms with E-state index < -0.39 is 20.1 Å². The van der Waals surface area contributed by atoms with Gasteiger partial charge in [0.2, 0.25) is 10.0 Å². The molecule has 1 rings (SSSR count). The summed E-state index contributed by atoms with van der Waals surface area (Å²) in [6.45, 7) is 0.0719. The first-order valence-corrected chi connectivity index (χ1v) is 8.27. The summed E-state index contributed by atoms with van der Waals surface area (Å²) in [4.78, 5) is 0. The second kappa shape index (κ2) is 4.67. The largest absolute Gasteiger partial charge is 0.381 e. The van der Waals surface area contributed by atoms with Crippen molar-refractivity contribution in [2.45, 2.75) is 6.54 Å². The first-order chi connectivity index (χ1) is 7.57. The molecule has 0 saturated carbocycles. The van der Waals surface area contributed by atoms with Crippen LogP contribution in [-0.4, -0.2) is 33.9 Å². The highest BCUT2D eigenvalue weighted by Gasteiger charge is 2.10. The average molecular weight is 282 g/mol. The quantitative estimate of drug-likeness (QED) is 0.729. The minimum Gasteiger partial charge on any atom is -0.381 e. The van der Waals surface area contributed by atoms with Gasteiger partial charge in [0, 0.05) is 25.0 Å². The van der Waals surface area contributed by atoms with E-state index in [1.165, 1.54) is 12.3 Å². The number of aryl methyl sites for hydroxylation is 1. The summed E-state index contributed by atoms with van der Waals surface area (Å²) < 4.78 is 52.2. The summed E-state index contributed by atoms with van der Waals surface area (Å²) in [6.07, 6.45) is 3.44. The topological polar surface area (TPSA) is 94.5 Å². The van der Waals surface area contributed by atoms with Crippen LogP contribution in [0.4, 0.5) is 0 Å². The second-order valence-electron chi connectivity index (χ2n) is 3.66. The van der Waals surface area contributed by atoms with Crippen LogP contribution in [0.2, 0.25) is 0 Å². The maximum atomic E-state index is 10.9. The molecule has 0 fully saturated rings. The van der Waals surface area contributed by atoms with E-state index in [9.17, 15) is 16.8 Å². The van der Waals surface area contributed by atoms with Gasteiger partial charge in [-0.15, -0.1) is 0 Å². The Labute approximate surface area is 101 Å². The van der Waals surface area contributed by atoms with Crippen LogP contribution in [0, 0.1) is 0 Å². The van der Waals surface area contributed by atoms with Crippen molar-refractivity contribution in [1.29, 1.82) is 0 Å². The number of hydrogen-bond acceptors (Lipinski definition) is 5. The van der Waals surface area contributed by atoms with Crippen molar-refractivity contribution >= 4 is 20.1 Å². The molecular formula is C8H14N2O5S2. The van der Waals surface area contributed by atoms with Gasteiger partial charge in [-0.3, -0.25) is 0 Å². The molecule has 1 aromatic rings. The molecule has 1 aromatic heterocycles. The highest BCUT2D eigenvalue weighted by atomic mass is 32.2. The van der Waals surface area contributed by atoms with Crippen LogP contribution in [0.5, 0.6) is 5.75 Å². The minimum atomic E-state index is -3.58. The highest BCUT2D eigenvalue weighted by Crippen LogP contribution is 2.16. The normalized spacial score (nSPS) is 12.6. The van der Waals surface area contributed by atoms with Gasteiger partial charge < -0.3 is 8.75 Å². The van der Waals surface area contributed by atoms with E-state index in [2.05, 4.69) is 8.91 Å². The molecule has 0 radical (unpaired) electrons. The Morgan fingerprint density at radius 1 is 1.29 bits per heavy atom. The smallest absolute Gasteiger partial charge is 0.306 e. The SMILES string of the molecule is Cn1cc(OS(C)(=O)=O)cc1CNS(C)(=O)=O. The molecule has 0 spiro atoms. The molecule has 1 N–H and O–H groups in total. The Morgan fingerprint density at radius 3 is 2.35 bits per heavy atom. The van der Waals surface area contributed by atoms with Crippen molar-refractivity contribution < 1.29 is 21.0 Å². The highest BCUT2D eigenvalue weighted by molar-refractivity contribution is 7.88. The molecular weight excluding hydrogens is 268 g/mol. The molecule has 17 heavy (non-hydrogen) atoms. The molecule has 1 heterocycles. The lowest BCUT2D eigenvalue weighted by molar-refractivity contribution is 0.492. The van der Waals surface area contributed by atoms with E-state index in [1.54, 1.807) is 11.6 Å². The number of rotatable bonds is 5. The van der Waals surface area contributed by atoms with Crippen LogP contribution in [-0.2, 0) is 33.7 Å². The van der Waals surface area contributed by atoms with E-state index in [1.807, 2.05) is 0 Å². The van der Waals surface area contributed by atoms with Crippen molar-refractivity contribution in [2.75, 3.05) is 12.5 Å². The zero-order valence-corrected chi connectivity index (χ0v) is 11.3. The fourth-order valence-corrected chi connectivity index (χ4v) is 2.03. The van der Waals surface area contributed by atoms with Gasteiger partial charge in [-0.2, -0.15) is 8.42 Å². The summed E-state index contributed by atoms with van der Waals surface area (Å²) in [5.74, 6) is 0.153. The number of sulfonamides is 1. The first-order valence-electron chi connectivity index (χ1n) is 4.56. The van der Waals surface area contributed by atoms with E-state index >= 15 is 0 Å². The third-order valence-electron chi connectivity index (χ3n) is 1.85. The van der Waals surface area contributed by atoms with Crippen LogP contribution in [0.15, 0.2) is 12.3 Å². The maximum absolute atomic E-state index is 10.9. The second-order valence-corrected chi connectivity index (χ2v) is 7.07. The van der Waals surface area contributed by atoms with Crippen molar-refractivity contribution in [3.8, 4) is 5.75 Å². The van der Waals surface area contributed by atoms with Gasteiger partial charge >= 0.3 is 10.1 Å². The maximum Gasteiger partial charge on any atom is 0.306 e. The molecule has 0 aliphatic carbocycles. The van der Waals surface area contributed by atoms with Crippen LogP contribution >= 0.6 is 0 Å². The molecule has 0 unspecified atom stereocenters. The monoisotopic (exact) mass is 282 g/mol. The van der Waals surface area contributed by atoms with Crippen LogP contribution in [0.25, 0.3) is 0 Å². The average Bonchev–Trinajstić information content (AvgIpc) is 2.38. The van der Waals surface area contributed by atoms with Crippen LogP contribution in [0.3, 0.4) is 0 Å². The molecule has 7 nitrogen and oxygen atoms in total. The standard InChI is InChI=1S/C8H14N2O5S2/c1-10-6-8(15-17(3,13)14)4-7(10)5-9-16(2,11)12/h4,6,9H,5H2,1-3H3. The van der Waals surface area contributed by atoms with Crippen molar-refractivity contribution in [3.63, 3.8) is 0 Å². The minimum absolute atomic E-state index is 0.0719. The number of nitrogens with one attached hydrogen (secondary N) is 1. The number of aromatic nitrogens is 1. The molecule has 9 heteroatoms. The molecule has 0 aromatic carbocycles. The molecule has 0 aliphatic heterocycles. The number of hydrogen-bond donors (Lipinski definition) is 1. The van der Waals surface area contributed by atoms with Crippen LogP contribution < -0.4 is 8.91 Å². The molecule has 0 bridgehead atoms. The summed E-state index contributed by atoms with van der Waals surface area (Å²) in [7, 11) is -5.20. The first kappa shape index (κ1) is 14.0. The van der Waals surface area contributed by atoms with Crippen molar-refractivity contribution in [3.05, 3.63) is 18.0 Å². The summed E-state index contributed by atoms with van der Waals surface area (Å²) in [5.41, 5.74) is 0.592. The van der Waals surface area contributed by atoms with E-state index in [4.69, 9.17) is 0 Å². The van der Waals surface area contributed by atoms with Crippen molar-refractivity contribution in [2.24, 2.45) is 7.05 Å². The molecule has 0 saturated heterocycles. The predicted octanol–water partition coefficient (Wildman–Crippen LogP) is -0.587.